The summed E-state index contributed by atoms with van der Waals surface area (Å²) in [6.45, 7) is 7.72. The first-order chi connectivity index (χ1) is 4.70. The Balaban J connectivity index is 3.88. The molecule has 0 radical (unpaired) electrons. The molecule has 0 fully saturated rings. The van der Waals surface area contributed by atoms with E-state index in [1.165, 1.54) is 0 Å². The fourth-order valence-electron chi connectivity index (χ4n) is 0.301. The molecule has 0 aliphatic carbocycles. The van der Waals surface area contributed by atoms with Crippen LogP contribution < -0.4 is 0 Å². The van der Waals surface area contributed by atoms with E-state index in [1.54, 1.807) is 11.8 Å². The van der Waals surface area contributed by atoms with Crippen LogP contribution in [0.15, 0.2) is 28.2 Å². The smallest absolute Gasteiger partial charge is 0.0885 e. The molecule has 0 unspecified atom stereocenters. The molecule has 2 heteroatoms. The Kier molecular flexibility index (Phi) is 5.03. The monoisotopic (exact) mass is 155 g/mol. The van der Waals surface area contributed by atoms with Crippen molar-refractivity contribution in [2.45, 2.75) is 13.8 Å². The van der Waals surface area contributed by atoms with Crippen LogP contribution in [-0.2, 0) is 0 Å². The Bertz CT molecular complexity index is 168. The fourth-order valence-corrected chi connectivity index (χ4v) is 0.459. The van der Waals surface area contributed by atoms with Gasteiger partial charge in [-0.1, -0.05) is 12.7 Å². The summed E-state index contributed by atoms with van der Waals surface area (Å²) in [5.41, 5.74) is 1.16. The Morgan fingerprint density at radius 1 is 1.60 bits per heavy atom. The minimum atomic E-state index is 0.848. The SMILES string of the molecule is C=C(/N=C\C(C)=C/C)SC. The van der Waals surface area contributed by atoms with Gasteiger partial charge in [-0.2, -0.15) is 0 Å². The zero-order valence-corrected chi connectivity index (χ0v) is 7.53. The minimum Gasteiger partial charge on any atom is -0.250 e. The van der Waals surface area contributed by atoms with Gasteiger partial charge in [-0.3, -0.25) is 4.99 Å². The van der Waals surface area contributed by atoms with Crippen molar-refractivity contribution >= 4 is 18.0 Å². The molecule has 0 N–H and O–H groups in total. The number of allylic oxidation sites excluding steroid dienone is 2. The quantitative estimate of drug-likeness (QED) is 0.571. The van der Waals surface area contributed by atoms with E-state index in [4.69, 9.17) is 0 Å². The summed E-state index contributed by atoms with van der Waals surface area (Å²) in [6.07, 6.45) is 5.79. The first-order valence-electron chi connectivity index (χ1n) is 3.10. The molecule has 0 spiro atoms. The van der Waals surface area contributed by atoms with Crippen molar-refractivity contribution in [3.05, 3.63) is 23.3 Å². The van der Waals surface area contributed by atoms with Gasteiger partial charge in [-0.05, 0) is 25.7 Å². The van der Waals surface area contributed by atoms with Crippen molar-refractivity contribution in [2.24, 2.45) is 4.99 Å². The van der Waals surface area contributed by atoms with Gasteiger partial charge in [0, 0.05) is 6.21 Å². The van der Waals surface area contributed by atoms with Gasteiger partial charge in [-0.25, -0.2) is 0 Å². The van der Waals surface area contributed by atoms with Crippen LogP contribution in [0.3, 0.4) is 0 Å². The maximum atomic E-state index is 4.09. The molecule has 0 atom stereocenters. The first kappa shape index (κ1) is 9.50. The normalized spacial score (nSPS) is 12.5. The predicted octanol–water partition coefficient (Wildman–Crippen LogP) is 2.86. The largest absolute Gasteiger partial charge is 0.250 e. The van der Waals surface area contributed by atoms with E-state index in [0.717, 1.165) is 10.6 Å². The van der Waals surface area contributed by atoms with Gasteiger partial charge in [0.05, 0.1) is 5.03 Å². The average molecular weight is 155 g/mol. The molecule has 0 aromatic rings. The van der Waals surface area contributed by atoms with E-state index in [-0.39, 0.29) is 0 Å². The number of nitrogens with zero attached hydrogens (tertiary/aromatic N) is 1. The Hall–Kier alpha value is -0.500. The lowest BCUT2D eigenvalue weighted by Gasteiger charge is -1.90. The summed E-state index contributed by atoms with van der Waals surface area (Å²) < 4.78 is 0. The topological polar surface area (TPSA) is 12.4 Å². The summed E-state index contributed by atoms with van der Waals surface area (Å²) in [6, 6.07) is 0. The van der Waals surface area contributed by atoms with Gasteiger partial charge in [0.2, 0.25) is 0 Å². The zero-order chi connectivity index (χ0) is 7.98. The molecule has 0 saturated carbocycles. The van der Waals surface area contributed by atoms with Crippen molar-refractivity contribution in [2.75, 3.05) is 6.26 Å². The van der Waals surface area contributed by atoms with Gasteiger partial charge >= 0.3 is 0 Å². The van der Waals surface area contributed by atoms with Gasteiger partial charge in [-0.15, -0.1) is 11.8 Å². The van der Waals surface area contributed by atoms with Crippen LogP contribution in [0.1, 0.15) is 13.8 Å². The van der Waals surface area contributed by atoms with Crippen molar-refractivity contribution in [1.29, 1.82) is 0 Å². The molecule has 1 nitrogen and oxygen atoms in total. The maximum absolute atomic E-state index is 4.09. The average Bonchev–Trinajstić information content (AvgIpc) is 1.99. The predicted molar refractivity (Wildman–Crippen MR) is 50.6 cm³/mol. The minimum absolute atomic E-state index is 0.848. The lowest BCUT2D eigenvalue weighted by atomic mass is 10.3. The third-order valence-electron chi connectivity index (χ3n) is 1.10. The molecule has 10 heavy (non-hydrogen) atoms. The number of hydrogen-bond acceptors (Lipinski definition) is 2. The van der Waals surface area contributed by atoms with Crippen LogP contribution in [0.2, 0.25) is 0 Å². The van der Waals surface area contributed by atoms with E-state index in [1.807, 2.05) is 32.4 Å². The van der Waals surface area contributed by atoms with Crippen LogP contribution in [0.5, 0.6) is 0 Å². The number of thioether (sulfide) groups is 1. The second-order valence-electron chi connectivity index (χ2n) is 1.89. The van der Waals surface area contributed by atoms with Gasteiger partial charge < -0.3 is 0 Å². The summed E-state index contributed by atoms with van der Waals surface area (Å²) >= 11 is 1.56. The molecule has 0 aliphatic heterocycles. The first-order valence-corrected chi connectivity index (χ1v) is 4.33. The third-order valence-corrected chi connectivity index (χ3v) is 1.68. The Morgan fingerprint density at radius 2 is 2.20 bits per heavy atom. The maximum Gasteiger partial charge on any atom is 0.0885 e. The molecule has 0 aromatic carbocycles. The van der Waals surface area contributed by atoms with E-state index in [9.17, 15) is 0 Å². The lowest BCUT2D eigenvalue weighted by Crippen LogP contribution is -1.75. The zero-order valence-electron chi connectivity index (χ0n) is 6.72. The Labute approximate surface area is 66.9 Å². The van der Waals surface area contributed by atoms with Gasteiger partial charge in [0.1, 0.15) is 0 Å². The third kappa shape index (κ3) is 4.39. The highest BCUT2D eigenvalue weighted by molar-refractivity contribution is 8.02. The molecule has 56 valence electrons. The van der Waals surface area contributed by atoms with Crippen molar-refractivity contribution in [1.82, 2.24) is 0 Å². The molecular formula is C8H13NS. The van der Waals surface area contributed by atoms with Gasteiger partial charge in [0.15, 0.2) is 0 Å². The molecule has 0 bridgehead atoms. The highest BCUT2D eigenvalue weighted by Gasteiger charge is 1.82. The van der Waals surface area contributed by atoms with Crippen molar-refractivity contribution in [3.63, 3.8) is 0 Å². The van der Waals surface area contributed by atoms with Gasteiger partial charge in [0.25, 0.3) is 0 Å². The number of aliphatic imine (C=N–C) groups is 1. The van der Waals surface area contributed by atoms with Crippen LogP contribution >= 0.6 is 11.8 Å². The van der Waals surface area contributed by atoms with Crippen LogP contribution in [0.25, 0.3) is 0 Å². The summed E-state index contributed by atoms with van der Waals surface area (Å²) in [5, 5.41) is 0.848. The number of hydrogen-bond donors (Lipinski definition) is 0. The van der Waals surface area contributed by atoms with E-state index in [0.29, 0.717) is 0 Å². The summed E-state index contributed by atoms with van der Waals surface area (Å²) in [4.78, 5) is 4.09. The summed E-state index contributed by atoms with van der Waals surface area (Å²) in [5.74, 6) is 0. The van der Waals surface area contributed by atoms with Crippen molar-refractivity contribution < 1.29 is 0 Å². The molecule has 0 heterocycles. The van der Waals surface area contributed by atoms with Crippen LogP contribution in [0, 0.1) is 0 Å². The summed E-state index contributed by atoms with van der Waals surface area (Å²) in [7, 11) is 0. The molecule has 0 aliphatic rings. The highest BCUT2D eigenvalue weighted by atomic mass is 32.2. The van der Waals surface area contributed by atoms with Crippen LogP contribution in [-0.4, -0.2) is 12.5 Å². The molecule has 0 aromatic heterocycles. The molecule has 0 saturated heterocycles. The standard InChI is InChI=1S/C8H13NS/c1-5-7(2)6-9-8(3)10-4/h5-6H,3H2,1-2,4H3/b7-5-,9-6-. The van der Waals surface area contributed by atoms with Crippen LogP contribution in [0.4, 0.5) is 0 Å². The van der Waals surface area contributed by atoms with E-state index < -0.39 is 0 Å². The Morgan fingerprint density at radius 3 is 2.60 bits per heavy atom. The lowest BCUT2D eigenvalue weighted by molar-refractivity contribution is 1.50. The highest BCUT2D eigenvalue weighted by Crippen LogP contribution is 2.08. The van der Waals surface area contributed by atoms with E-state index >= 15 is 0 Å². The molecule has 0 amide bonds. The van der Waals surface area contributed by atoms with Crippen molar-refractivity contribution in [3.8, 4) is 0 Å². The second-order valence-corrected chi connectivity index (χ2v) is 2.77. The number of rotatable bonds is 3. The molecular weight excluding hydrogens is 142 g/mol. The fraction of sp³-hybridized carbons (Fsp3) is 0.375. The second kappa shape index (κ2) is 5.30. The molecule has 0 rings (SSSR count). The van der Waals surface area contributed by atoms with E-state index in [2.05, 4.69) is 11.6 Å².